The van der Waals surface area contributed by atoms with Crippen molar-refractivity contribution in [3.8, 4) is 0 Å². The van der Waals surface area contributed by atoms with E-state index in [-0.39, 0.29) is 10.5 Å². The Morgan fingerprint density at radius 3 is 2.71 bits per heavy atom. The van der Waals surface area contributed by atoms with Crippen molar-refractivity contribution >= 4 is 18.0 Å². The summed E-state index contributed by atoms with van der Waals surface area (Å²) < 4.78 is 0.0302. The van der Waals surface area contributed by atoms with Crippen LogP contribution in [0.3, 0.4) is 0 Å². The van der Waals surface area contributed by atoms with Gasteiger partial charge in [0.05, 0.1) is 12.4 Å². The standard InChI is InChI=1S/C22H20N5O/c23-27-14-11-24-15-19(27)20(16-7-4-8-16)25-21(27)17-9-12-26(13-10-17)22(28)18-5-2-1-3-6-18/h1-9,11,14-15H,10,12-13,23H2/q+1. The second kappa shape index (κ2) is 6.37. The third-order valence-corrected chi connectivity index (χ3v) is 5.42. The average molecular weight is 370 g/mol. The lowest BCUT2D eigenvalue weighted by Gasteiger charge is -2.31. The van der Waals surface area contributed by atoms with Crippen LogP contribution in [-0.2, 0) is 0 Å². The molecule has 0 fully saturated rings. The molecule has 0 radical (unpaired) electrons. The molecule has 3 aliphatic heterocycles. The highest BCUT2D eigenvalue weighted by atomic mass is 16.2. The molecule has 0 saturated carbocycles. The molecule has 2 N–H and O–H groups in total. The predicted molar refractivity (Wildman–Crippen MR) is 109 cm³/mol. The number of rotatable bonds is 3. The van der Waals surface area contributed by atoms with E-state index in [1.807, 2.05) is 59.7 Å². The number of fused-ring (bicyclic) bond motifs is 1. The predicted octanol–water partition coefficient (Wildman–Crippen LogP) is 2.82. The minimum atomic E-state index is 0.0302. The number of amides is 1. The van der Waals surface area contributed by atoms with Crippen LogP contribution in [-0.4, -0.2) is 40.5 Å². The lowest BCUT2D eigenvalue weighted by molar-refractivity contribution is -0.750. The molecule has 1 atom stereocenters. The second-order valence-electron chi connectivity index (χ2n) is 7.10. The molecule has 4 aliphatic rings. The van der Waals surface area contributed by atoms with Gasteiger partial charge in [0.2, 0.25) is 5.70 Å². The summed E-state index contributed by atoms with van der Waals surface area (Å²) in [4.78, 5) is 23.7. The molecule has 1 unspecified atom stereocenters. The number of hydrogen-bond acceptors (Lipinski definition) is 4. The zero-order valence-electron chi connectivity index (χ0n) is 15.3. The number of benzene rings is 1. The van der Waals surface area contributed by atoms with Gasteiger partial charge in [-0.3, -0.25) is 9.79 Å². The van der Waals surface area contributed by atoms with E-state index < -0.39 is 0 Å². The number of nitrogens with two attached hydrogens (primary N) is 1. The minimum absolute atomic E-state index is 0.0302. The van der Waals surface area contributed by atoms with Crippen LogP contribution in [0.2, 0.25) is 0 Å². The van der Waals surface area contributed by atoms with Crippen molar-refractivity contribution in [2.24, 2.45) is 15.8 Å². The SMILES string of the molecule is N[N+]12C=CN=CC1=C(C1=CC=C1)N=C2C1=CCN(C(=O)c2ccccc2)CC1. The maximum absolute atomic E-state index is 12.7. The van der Waals surface area contributed by atoms with Crippen molar-refractivity contribution < 1.29 is 9.39 Å². The number of quaternary nitrogens is 1. The molecule has 0 bridgehead atoms. The monoisotopic (exact) mass is 370 g/mol. The number of allylic oxidation sites excluding steroid dienone is 4. The summed E-state index contributed by atoms with van der Waals surface area (Å²) in [6, 6.07) is 9.39. The molecule has 1 aliphatic carbocycles. The molecule has 138 valence electrons. The van der Waals surface area contributed by atoms with Crippen LogP contribution < -0.4 is 5.84 Å². The molecular weight excluding hydrogens is 350 g/mol. The zero-order chi connectivity index (χ0) is 19.1. The molecule has 3 heterocycles. The second-order valence-corrected chi connectivity index (χ2v) is 7.10. The van der Waals surface area contributed by atoms with Crippen LogP contribution in [0.15, 0.2) is 99.6 Å². The first-order chi connectivity index (χ1) is 13.7. The van der Waals surface area contributed by atoms with Gasteiger partial charge in [-0.2, -0.15) is 10.8 Å². The maximum atomic E-state index is 12.7. The van der Waals surface area contributed by atoms with Gasteiger partial charge in [0.15, 0.2) is 0 Å². The van der Waals surface area contributed by atoms with Crippen LogP contribution in [0, 0.1) is 0 Å². The highest BCUT2D eigenvalue weighted by molar-refractivity contribution is 6.01. The maximum Gasteiger partial charge on any atom is 0.260 e. The van der Waals surface area contributed by atoms with Crippen LogP contribution >= 0.6 is 0 Å². The lowest BCUT2D eigenvalue weighted by Crippen LogP contribution is -2.54. The summed E-state index contributed by atoms with van der Waals surface area (Å²) >= 11 is 0. The van der Waals surface area contributed by atoms with Gasteiger partial charge < -0.3 is 4.90 Å². The Morgan fingerprint density at radius 1 is 1.21 bits per heavy atom. The molecule has 1 amide bonds. The highest BCUT2D eigenvalue weighted by Gasteiger charge is 2.45. The summed E-state index contributed by atoms with van der Waals surface area (Å²) in [5.74, 6) is 7.59. The van der Waals surface area contributed by atoms with Crippen molar-refractivity contribution in [3.05, 3.63) is 95.1 Å². The molecule has 0 saturated heterocycles. The Bertz CT molecular complexity index is 1070. The summed E-state index contributed by atoms with van der Waals surface area (Å²) in [7, 11) is 0. The van der Waals surface area contributed by atoms with E-state index in [1.54, 1.807) is 12.4 Å². The molecular formula is C22H20N5O+. The van der Waals surface area contributed by atoms with Gasteiger partial charge in [-0.1, -0.05) is 42.5 Å². The number of aliphatic imine (C=N–C) groups is 2. The van der Waals surface area contributed by atoms with E-state index in [4.69, 9.17) is 10.8 Å². The molecule has 0 spiro atoms. The number of carbonyl (C=O) groups is 1. The summed E-state index contributed by atoms with van der Waals surface area (Å²) in [6.45, 7) is 1.19. The molecule has 0 aromatic heterocycles. The van der Waals surface area contributed by atoms with Crippen molar-refractivity contribution in [1.29, 1.82) is 0 Å². The first-order valence-electron chi connectivity index (χ1n) is 9.31. The molecule has 6 heteroatoms. The summed E-state index contributed by atoms with van der Waals surface area (Å²) in [5.41, 5.74) is 4.60. The van der Waals surface area contributed by atoms with E-state index in [2.05, 4.69) is 11.1 Å². The number of carbonyl (C=O) groups excluding carboxylic acids is 1. The fraction of sp³-hybridized carbons (Fsp3) is 0.136. The highest BCUT2D eigenvalue weighted by Crippen LogP contribution is 2.37. The molecule has 6 nitrogen and oxygen atoms in total. The van der Waals surface area contributed by atoms with Gasteiger partial charge in [0, 0.05) is 29.8 Å². The number of hydrogen-bond donors (Lipinski definition) is 1. The Kier molecular flexibility index (Phi) is 3.82. The van der Waals surface area contributed by atoms with E-state index in [0.29, 0.717) is 18.7 Å². The van der Waals surface area contributed by atoms with E-state index in [9.17, 15) is 4.79 Å². The number of nitrogens with zero attached hydrogens (tertiary/aromatic N) is 4. The van der Waals surface area contributed by atoms with Gasteiger partial charge in [0.25, 0.3) is 11.7 Å². The summed E-state index contributed by atoms with van der Waals surface area (Å²) in [5, 5.41) is 0. The van der Waals surface area contributed by atoms with Gasteiger partial charge in [0.1, 0.15) is 11.9 Å². The lowest BCUT2D eigenvalue weighted by atomic mass is 10.0. The Balaban J connectivity index is 1.42. The molecule has 1 aromatic carbocycles. The number of amidine groups is 1. The molecule has 28 heavy (non-hydrogen) atoms. The van der Waals surface area contributed by atoms with Gasteiger partial charge in [-0.15, -0.1) is 4.59 Å². The fourth-order valence-electron chi connectivity index (χ4n) is 3.79. The largest absolute Gasteiger partial charge is 0.335 e. The zero-order valence-corrected chi connectivity index (χ0v) is 15.3. The minimum Gasteiger partial charge on any atom is -0.335 e. The van der Waals surface area contributed by atoms with Crippen LogP contribution in [0.5, 0.6) is 0 Å². The third-order valence-electron chi connectivity index (χ3n) is 5.42. The first-order valence-corrected chi connectivity index (χ1v) is 9.31. The van der Waals surface area contributed by atoms with Crippen molar-refractivity contribution in [1.82, 2.24) is 4.90 Å². The smallest absolute Gasteiger partial charge is 0.260 e. The topological polar surface area (TPSA) is 71.0 Å². The van der Waals surface area contributed by atoms with Crippen LogP contribution in [0.1, 0.15) is 16.8 Å². The van der Waals surface area contributed by atoms with Gasteiger partial charge >= 0.3 is 0 Å². The summed E-state index contributed by atoms with van der Waals surface area (Å²) in [6.07, 6.45) is 14.2. The van der Waals surface area contributed by atoms with Crippen molar-refractivity contribution in [3.63, 3.8) is 0 Å². The Labute approximate surface area is 163 Å². The van der Waals surface area contributed by atoms with Crippen molar-refractivity contribution in [2.45, 2.75) is 6.42 Å². The first kappa shape index (κ1) is 16.8. The third kappa shape index (κ3) is 2.54. The molecule has 5 rings (SSSR count). The molecule has 1 aromatic rings. The quantitative estimate of drug-likeness (QED) is 0.656. The van der Waals surface area contributed by atoms with E-state index >= 15 is 0 Å². The van der Waals surface area contributed by atoms with Crippen LogP contribution in [0.25, 0.3) is 0 Å². The average Bonchev–Trinajstić information content (AvgIpc) is 3.00. The van der Waals surface area contributed by atoms with E-state index in [1.165, 1.54) is 0 Å². The van der Waals surface area contributed by atoms with Crippen molar-refractivity contribution in [2.75, 3.05) is 13.1 Å². The Hall–Kier alpha value is -3.35. The van der Waals surface area contributed by atoms with Gasteiger partial charge in [-0.25, -0.2) is 0 Å². The van der Waals surface area contributed by atoms with Gasteiger partial charge in [-0.05, 0) is 18.6 Å². The Morgan fingerprint density at radius 2 is 2.04 bits per heavy atom. The van der Waals surface area contributed by atoms with Crippen LogP contribution in [0.4, 0.5) is 0 Å². The fourth-order valence-corrected chi connectivity index (χ4v) is 3.79. The normalized spacial score (nSPS) is 25.2. The van der Waals surface area contributed by atoms with E-state index in [0.717, 1.165) is 34.8 Å².